The Labute approximate surface area is 168 Å². The Bertz CT molecular complexity index is 1020. The predicted octanol–water partition coefficient (Wildman–Crippen LogP) is 4.47. The van der Waals surface area contributed by atoms with E-state index in [1.54, 1.807) is 24.4 Å². The highest BCUT2D eigenvalue weighted by Crippen LogP contribution is 2.36. The summed E-state index contributed by atoms with van der Waals surface area (Å²) in [5.41, 5.74) is 3.11. The maximum absolute atomic E-state index is 12.6. The molecule has 0 saturated carbocycles. The summed E-state index contributed by atoms with van der Waals surface area (Å²) in [6.45, 7) is 2.15. The molecule has 1 aliphatic rings. The number of anilines is 3. The van der Waals surface area contributed by atoms with Crippen molar-refractivity contribution in [3.05, 3.63) is 71.1 Å². The Morgan fingerprint density at radius 2 is 2.04 bits per heavy atom. The number of amides is 1. The Kier molecular flexibility index (Phi) is 4.88. The molecule has 6 nitrogen and oxygen atoms in total. The minimum Gasteiger partial charge on any atom is -0.495 e. The predicted molar refractivity (Wildman–Crippen MR) is 110 cm³/mol. The van der Waals surface area contributed by atoms with Crippen LogP contribution in [0.15, 0.2) is 54.9 Å². The number of aromatic nitrogens is 2. The minimum atomic E-state index is -0.380. The lowest BCUT2D eigenvalue weighted by atomic mass is 10.1. The smallest absolute Gasteiger partial charge is 0.275 e. The molecule has 2 heterocycles. The lowest BCUT2D eigenvalue weighted by molar-refractivity contribution is 0.102. The van der Waals surface area contributed by atoms with Gasteiger partial charge < -0.3 is 15.0 Å². The highest BCUT2D eigenvalue weighted by molar-refractivity contribution is 6.31. The molecule has 1 amide bonds. The highest BCUT2D eigenvalue weighted by atomic mass is 35.5. The summed E-state index contributed by atoms with van der Waals surface area (Å²) in [6, 6.07) is 13.5. The Hall–Kier alpha value is -3.12. The molecule has 1 unspecified atom stereocenters. The van der Waals surface area contributed by atoms with Crippen molar-refractivity contribution in [3.8, 4) is 5.75 Å². The standard InChI is InChI=1S/C21H19ClN4O2/c1-13-9-14-5-3-4-6-18(14)26(13)20-12-23-17(11-24-20)21(27)25-16-10-15(22)7-8-19(16)28-2/h3-8,10-13H,9H2,1-2H3,(H,25,27). The van der Waals surface area contributed by atoms with Crippen LogP contribution in [0.3, 0.4) is 0 Å². The third-order valence-corrected chi connectivity index (χ3v) is 4.97. The van der Waals surface area contributed by atoms with Gasteiger partial charge in [-0.05, 0) is 43.2 Å². The summed E-state index contributed by atoms with van der Waals surface area (Å²) < 4.78 is 5.25. The van der Waals surface area contributed by atoms with Gasteiger partial charge in [0.25, 0.3) is 5.91 Å². The number of fused-ring (bicyclic) bond motifs is 1. The van der Waals surface area contributed by atoms with Crippen LogP contribution < -0.4 is 15.0 Å². The van der Waals surface area contributed by atoms with E-state index in [4.69, 9.17) is 16.3 Å². The van der Waals surface area contributed by atoms with E-state index in [-0.39, 0.29) is 17.6 Å². The summed E-state index contributed by atoms with van der Waals surface area (Å²) >= 11 is 6.01. The topological polar surface area (TPSA) is 67.3 Å². The fourth-order valence-corrected chi connectivity index (χ4v) is 3.61. The van der Waals surface area contributed by atoms with Crippen molar-refractivity contribution in [2.24, 2.45) is 0 Å². The number of ether oxygens (including phenoxy) is 1. The van der Waals surface area contributed by atoms with E-state index in [1.165, 1.54) is 18.9 Å². The fraction of sp³-hybridized carbons (Fsp3) is 0.190. The molecule has 1 aliphatic heterocycles. The summed E-state index contributed by atoms with van der Waals surface area (Å²) in [7, 11) is 1.53. The van der Waals surface area contributed by atoms with Crippen LogP contribution in [0, 0.1) is 0 Å². The minimum absolute atomic E-state index is 0.214. The summed E-state index contributed by atoms with van der Waals surface area (Å²) in [6.07, 6.45) is 4.06. The summed E-state index contributed by atoms with van der Waals surface area (Å²) in [5, 5.41) is 3.27. The maximum Gasteiger partial charge on any atom is 0.275 e. The van der Waals surface area contributed by atoms with Gasteiger partial charge in [0, 0.05) is 16.8 Å². The van der Waals surface area contributed by atoms with Crippen molar-refractivity contribution in [2.75, 3.05) is 17.3 Å². The van der Waals surface area contributed by atoms with Crippen LogP contribution in [0.1, 0.15) is 23.0 Å². The molecule has 0 fully saturated rings. The number of nitrogens with one attached hydrogen (secondary N) is 1. The summed E-state index contributed by atoms with van der Waals surface area (Å²) in [5.74, 6) is 0.855. The van der Waals surface area contributed by atoms with Gasteiger partial charge in [-0.3, -0.25) is 4.79 Å². The van der Waals surface area contributed by atoms with Gasteiger partial charge in [0.15, 0.2) is 5.82 Å². The zero-order chi connectivity index (χ0) is 19.7. The molecule has 0 saturated heterocycles. The number of para-hydroxylation sites is 1. The van der Waals surface area contributed by atoms with Crippen molar-refractivity contribution in [1.29, 1.82) is 0 Å². The first-order valence-electron chi connectivity index (χ1n) is 8.91. The van der Waals surface area contributed by atoms with Crippen molar-refractivity contribution in [2.45, 2.75) is 19.4 Å². The Balaban J connectivity index is 1.56. The van der Waals surface area contributed by atoms with Crippen LogP contribution in [-0.4, -0.2) is 29.0 Å². The molecule has 4 rings (SSSR count). The average molecular weight is 395 g/mol. The Morgan fingerprint density at radius 1 is 1.21 bits per heavy atom. The summed E-state index contributed by atoms with van der Waals surface area (Å²) in [4.78, 5) is 23.5. The molecule has 0 radical (unpaired) electrons. The monoisotopic (exact) mass is 394 g/mol. The van der Waals surface area contributed by atoms with Crippen molar-refractivity contribution >= 4 is 34.7 Å². The number of rotatable bonds is 4. The number of carbonyl (C=O) groups excluding carboxylic acids is 1. The molecular formula is C21H19ClN4O2. The lowest BCUT2D eigenvalue weighted by Gasteiger charge is -2.23. The van der Waals surface area contributed by atoms with Gasteiger partial charge in [-0.25, -0.2) is 9.97 Å². The molecule has 1 aromatic heterocycles. The van der Waals surface area contributed by atoms with Gasteiger partial charge in [-0.15, -0.1) is 0 Å². The molecule has 0 bridgehead atoms. The molecule has 0 spiro atoms. The van der Waals surface area contributed by atoms with Crippen molar-refractivity contribution < 1.29 is 9.53 Å². The molecule has 1 atom stereocenters. The highest BCUT2D eigenvalue weighted by Gasteiger charge is 2.28. The van der Waals surface area contributed by atoms with Gasteiger partial charge in [-0.1, -0.05) is 29.8 Å². The molecule has 28 heavy (non-hydrogen) atoms. The van der Waals surface area contributed by atoms with E-state index >= 15 is 0 Å². The molecule has 1 N–H and O–H groups in total. The second-order valence-electron chi connectivity index (χ2n) is 6.61. The number of benzene rings is 2. The SMILES string of the molecule is COc1ccc(Cl)cc1NC(=O)c1cnc(N2c3ccccc3CC2C)cn1. The Morgan fingerprint density at radius 3 is 2.79 bits per heavy atom. The van der Waals surface area contributed by atoms with Crippen LogP contribution >= 0.6 is 11.6 Å². The average Bonchev–Trinajstić information content (AvgIpc) is 3.04. The van der Waals surface area contributed by atoms with E-state index in [0.717, 1.165) is 12.1 Å². The van der Waals surface area contributed by atoms with Crippen LogP contribution in [0.4, 0.5) is 17.2 Å². The number of methoxy groups -OCH3 is 1. The van der Waals surface area contributed by atoms with Gasteiger partial charge in [0.2, 0.25) is 0 Å². The fourth-order valence-electron chi connectivity index (χ4n) is 3.44. The second-order valence-corrected chi connectivity index (χ2v) is 7.05. The van der Waals surface area contributed by atoms with E-state index in [2.05, 4.69) is 39.2 Å². The maximum atomic E-state index is 12.6. The largest absolute Gasteiger partial charge is 0.495 e. The van der Waals surface area contributed by atoms with E-state index in [1.807, 2.05) is 12.1 Å². The third kappa shape index (κ3) is 3.39. The number of hydrogen-bond acceptors (Lipinski definition) is 5. The van der Waals surface area contributed by atoms with Crippen molar-refractivity contribution in [1.82, 2.24) is 9.97 Å². The second kappa shape index (κ2) is 7.48. The first-order chi connectivity index (χ1) is 13.6. The molecule has 7 heteroatoms. The normalized spacial score (nSPS) is 15.2. The van der Waals surface area contributed by atoms with E-state index < -0.39 is 0 Å². The number of halogens is 1. The molecule has 142 valence electrons. The molecular weight excluding hydrogens is 376 g/mol. The molecule has 2 aromatic carbocycles. The van der Waals surface area contributed by atoms with Crippen molar-refractivity contribution in [3.63, 3.8) is 0 Å². The number of carbonyl (C=O) groups is 1. The van der Waals surface area contributed by atoms with Gasteiger partial charge in [-0.2, -0.15) is 0 Å². The van der Waals surface area contributed by atoms with E-state index in [9.17, 15) is 4.79 Å². The molecule has 0 aliphatic carbocycles. The zero-order valence-electron chi connectivity index (χ0n) is 15.5. The van der Waals surface area contributed by atoms with Gasteiger partial charge in [0.05, 0.1) is 25.2 Å². The first kappa shape index (κ1) is 18.3. The van der Waals surface area contributed by atoms with Crippen LogP contribution in [-0.2, 0) is 6.42 Å². The van der Waals surface area contributed by atoms with Crippen LogP contribution in [0.25, 0.3) is 0 Å². The third-order valence-electron chi connectivity index (χ3n) is 4.73. The van der Waals surface area contributed by atoms with Crippen LogP contribution in [0.2, 0.25) is 5.02 Å². The molecule has 3 aromatic rings. The zero-order valence-corrected chi connectivity index (χ0v) is 16.3. The van der Waals surface area contributed by atoms with Crippen LogP contribution in [0.5, 0.6) is 5.75 Å². The quantitative estimate of drug-likeness (QED) is 0.707. The number of hydrogen-bond donors (Lipinski definition) is 1. The van der Waals surface area contributed by atoms with Gasteiger partial charge >= 0.3 is 0 Å². The number of nitrogens with zero attached hydrogens (tertiary/aromatic N) is 3. The van der Waals surface area contributed by atoms with Gasteiger partial charge in [0.1, 0.15) is 11.4 Å². The first-order valence-corrected chi connectivity index (χ1v) is 9.28. The van der Waals surface area contributed by atoms with E-state index in [0.29, 0.717) is 22.3 Å². The lowest BCUT2D eigenvalue weighted by Crippen LogP contribution is -2.25.